The second-order valence-corrected chi connectivity index (χ2v) is 4.35. The summed E-state index contributed by atoms with van der Waals surface area (Å²) in [6, 6.07) is 6.12. The Bertz CT molecular complexity index is 347. The van der Waals surface area contributed by atoms with Gasteiger partial charge in [0.05, 0.1) is 5.54 Å². The molecule has 0 heterocycles. The van der Waals surface area contributed by atoms with E-state index in [-0.39, 0.29) is 17.9 Å². The number of benzene rings is 1. The van der Waals surface area contributed by atoms with Crippen molar-refractivity contribution in [1.29, 1.82) is 0 Å². The quantitative estimate of drug-likeness (QED) is 0.862. The van der Waals surface area contributed by atoms with Crippen molar-refractivity contribution in [3.05, 3.63) is 29.3 Å². The van der Waals surface area contributed by atoms with Crippen LogP contribution in [-0.4, -0.2) is 12.1 Å². The Kier molecular flexibility index (Phi) is 3.63. The van der Waals surface area contributed by atoms with Crippen molar-refractivity contribution in [3.8, 4) is 5.75 Å². The van der Waals surface area contributed by atoms with E-state index in [1.165, 1.54) is 11.1 Å². The molecule has 3 heteroatoms. The third kappa shape index (κ3) is 2.86. The van der Waals surface area contributed by atoms with Crippen LogP contribution in [0.3, 0.4) is 0 Å². The summed E-state index contributed by atoms with van der Waals surface area (Å²) in [6.07, 6.45) is 2.19. The molecule has 1 saturated carbocycles. The van der Waals surface area contributed by atoms with Gasteiger partial charge in [-0.25, -0.2) is 0 Å². The first kappa shape index (κ1) is 12.3. The first-order valence-corrected chi connectivity index (χ1v) is 5.09. The third-order valence-electron chi connectivity index (χ3n) is 2.96. The molecule has 2 nitrogen and oxygen atoms in total. The third-order valence-corrected chi connectivity index (χ3v) is 2.96. The Morgan fingerprint density at radius 3 is 2.60 bits per heavy atom. The van der Waals surface area contributed by atoms with E-state index in [1.54, 1.807) is 0 Å². The maximum absolute atomic E-state index is 5.96. The van der Waals surface area contributed by atoms with Crippen LogP contribution in [0.25, 0.3) is 0 Å². The second kappa shape index (κ2) is 4.42. The lowest BCUT2D eigenvalue weighted by atomic mass is 10.1. The van der Waals surface area contributed by atoms with Gasteiger partial charge >= 0.3 is 0 Å². The number of hydrogen-bond acceptors (Lipinski definition) is 2. The van der Waals surface area contributed by atoms with Crippen LogP contribution >= 0.6 is 12.4 Å². The molecule has 0 atom stereocenters. The molecule has 1 aliphatic rings. The van der Waals surface area contributed by atoms with Crippen LogP contribution in [-0.2, 0) is 0 Å². The molecule has 0 saturated heterocycles. The van der Waals surface area contributed by atoms with Crippen molar-refractivity contribution in [3.63, 3.8) is 0 Å². The number of hydrogen-bond donors (Lipinski definition) is 1. The van der Waals surface area contributed by atoms with Gasteiger partial charge in [0.25, 0.3) is 0 Å². The number of nitrogens with two attached hydrogens (primary N) is 1. The first-order valence-electron chi connectivity index (χ1n) is 5.09. The summed E-state index contributed by atoms with van der Waals surface area (Å²) in [7, 11) is 0. The van der Waals surface area contributed by atoms with Crippen molar-refractivity contribution in [2.75, 3.05) is 6.61 Å². The summed E-state index contributed by atoms with van der Waals surface area (Å²) in [5.74, 6) is 0.974. The van der Waals surface area contributed by atoms with Gasteiger partial charge < -0.3 is 10.5 Å². The molecule has 1 aromatic rings. The molecule has 0 amide bonds. The lowest BCUT2D eigenvalue weighted by Crippen LogP contribution is -2.29. The molecular weight excluding hydrogens is 210 g/mol. The lowest BCUT2D eigenvalue weighted by molar-refractivity contribution is 0.277. The second-order valence-electron chi connectivity index (χ2n) is 4.35. The predicted octanol–water partition coefficient (Wildman–Crippen LogP) is 2.60. The summed E-state index contributed by atoms with van der Waals surface area (Å²) in [4.78, 5) is 0. The van der Waals surface area contributed by atoms with Crippen molar-refractivity contribution < 1.29 is 4.74 Å². The summed E-state index contributed by atoms with van der Waals surface area (Å²) >= 11 is 0. The van der Waals surface area contributed by atoms with E-state index in [0.29, 0.717) is 6.61 Å². The van der Waals surface area contributed by atoms with E-state index < -0.39 is 0 Å². The first-order chi connectivity index (χ1) is 6.61. The fourth-order valence-corrected chi connectivity index (χ4v) is 1.41. The highest BCUT2D eigenvalue weighted by Crippen LogP contribution is 2.33. The number of ether oxygens (including phenoxy) is 1. The van der Waals surface area contributed by atoms with Gasteiger partial charge in [0.2, 0.25) is 0 Å². The SMILES string of the molecule is Cc1cccc(OCC2(N)CC2)c1C.Cl. The predicted molar refractivity (Wildman–Crippen MR) is 64.8 cm³/mol. The molecule has 0 radical (unpaired) electrons. The Labute approximate surface area is 97.2 Å². The fraction of sp³-hybridized carbons (Fsp3) is 0.500. The summed E-state index contributed by atoms with van der Waals surface area (Å²) in [6.45, 7) is 4.83. The molecule has 2 N–H and O–H groups in total. The number of aryl methyl sites for hydroxylation is 1. The average Bonchev–Trinajstić information content (AvgIpc) is 2.88. The maximum Gasteiger partial charge on any atom is 0.122 e. The zero-order chi connectivity index (χ0) is 10.2. The van der Waals surface area contributed by atoms with E-state index in [9.17, 15) is 0 Å². The van der Waals surface area contributed by atoms with E-state index >= 15 is 0 Å². The molecule has 1 fully saturated rings. The van der Waals surface area contributed by atoms with Gasteiger partial charge in [-0.3, -0.25) is 0 Å². The largest absolute Gasteiger partial charge is 0.491 e. The van der Waals surface area contributed by atoms with Crippen LogP contribution in [0.15, 0.2) is 18.2 Å². The molecule has 1 aliphatic carbocycles. The summed E-state index contributed by atoms with van der Waals surface area (Å²) in [5.41, 5.74) is 8.41. The summed E-state index contributed by atoms with van der Waals surface area (Å²) < 4.78 is 5.72. The molecule has 2 rings (SSSR count). The monoisotopic (exact) mass is 227 g/mol. The summed E-state index contributed by atoms with van der Waals surface area (Å²) in [5, 5.41) is 0. The minimum absolute atomic E-state index is 0. The Morgan fingerprint density at radius 2 is 2.00 bits per heavy atom. The van der Waals surface area contributed by atoms with Crippen LogP contribution in [0.4, 0.5) is 0 Å². The van der Waals surface area contributed by atoms with Gasteiger partial charge in [-0.2, -0.15) is 0 Å². The van der Waals surface area contributed by atoms with Crippen LogP contribution in [0.2, 0.25) is 0 Å². The lowest BCUT2D eigenvalue weighted by Gasteiger charge is -2.14. The molecule has 15 heavy (non-hydrogen) atoms. The molecule has 0 aromatic heterocycles. The van der Waals surface area contributed by atoms with Gasteiger partial charge in [-0.1, -0.05) is 12.1 Å². The highest BCUT2D eigenvalue weighted by Gasteiger charge is 2.39. The van der Waals surface area contributed by atoms with E-state index in [4.69, 9.17) is 10.5 Å². The molecule has 0 aliphatic heterocycles. The van der Waals surface area contributed by atoms with Gasteiger partial charge in [0.15, 0.2) is 0 Å². The van der Waals surface area contributed by atoms with Crippen LogP contribution in [0.1, 0.15) is 24.0 Å². The standard InChI is InChI=1S/C12H17NO.ClH/c1-9-4-3-5-11(10(9)2)14-8-12(13)6-7-12;/h3-5H,6-8,13H2,1-2H3;1H. The zero-order valence-electron chi connectivity index (χ0n) is 9.25. The van der Waals surface area contributed by atoms with Gasteiger partial charge in [0, 0.05) is 0 Å². The molecule has 1 aromatic carbocycles. The van der Waals surface area contributed by atoms with E-state index in [1.807, 2.05) is 12.1 Å². The highest BCUT2D eigenvalue weighted by molar-refractivity contribution is 5.85. The minimum Gasteiger partial charge on any atom is -0.491 e. The van der Waals surface area contributed by atoms with Crippen LogP contribution < -0.4 is 10.5 Å². The Morgan fingerprint density at radius 1 is 1.33 bits per heavy atom. The molecule has 0 bridgehead atoms. The molecule has 0 unspecified atom stereocenters. The fourth-order valence-electron chi connectivity index (χ4n) is 1.41. The van der Waals surface area contributed by atoms with Crippen LogP contribution in [0, 0.1) is 13.8 Å². The zero-order valence-corrected chi connectivity index (χ0v) is 10.1. The van der Waals surface area contributed by atoms with E-state index in [0.717, 1.165) is 18.6 Å². The number of rotatable bonds is 3. The Hall–Kier alpha value is -0.730. The molecular formula is C12H18ClNO. The van der Waals surface area contributed by atoms with Crippen molar-refractivity contribution in [2.45, 2.75) is 32.2 Å². The van der Waals surface area contributed by atoms with Crippen molar-refractivity contribution in [1.82, 2.24) is 0 Å². The normalized spacial score (nSPS) is 16.7. The molecule has 84 valence electrons. The van der Waals surface area contributed by atoms with Gasteiger partial charge in [-0.05, 0) is 43.9 Å². The number of halogens is 1. The average molecular weight is 228 g/mol. The molecule has 0 spiro atoms. The van der Waals surface area contributed by atoms with Crippen molar-refractivity contribution in [2.24, 2.45) is 5.73 Å². The topological polar surface area (TPSA) is 35.2 Å². The van der Waals surface area contributed by atoms with E-state index in [2.05, 4.69) is 19.9 Å². The van der Waals surface area contributed by atoms with Gasteiger partial charge in [-0.15, -0.1) is 12.4 Å². The van der Waals surface area contributed by atoms with Crippen LogP contribution in [0.5, 0.6) is 5.75 Å². The minimum atomic E-state index is -0.0316. The van der Waals surface area contributed by atoms with Gasteiger partial charge in [0.1, 0.15) is 12.4 Å². The highest BCUT2D eigenvalue weighted by atomic mass is 35.5. The Balaban J connectivity index is 0.00000112. The smallest absolute Gasteiger partial charge is 0.122 e. The van der Waals surface area contributed by atoms with Crippen molar-refractivity contribution >= 4 is 12.4 Å². The maximum atomic E-state index is 5.96.